The second-order valence-electron chi connectivity index (χ2n) is 6.15. The number of rotatable bonds is 5. The summed E-state index contributed by atoms with van der Waals surface area (Å²) in [5.41, 5.74) is 3.49. The Kier molecular flexibility index (Phi) is 4.24. The molecule has 126 valence electrons. The van der Waals surface area contributed by atoms with Gasteiger partial charge in [0.2, 0.25) is 5.95 Å². The van der Waals surface area contributed by atoms with Crippen LogP contribution in [0.1, 0.15) is 18.4 Å². The smallest absolute Gasteiger partial charge is 0.225 e. The van der Waals surface area contributed by atoms with E-state index in [-0.39, 0.29) is 0 Å². The molecule has 1 aliphatic carbocycles. The van der Waals surface area contributed by atoms with Gasteiger partial charge in [0, 0.05) is 18.3 Å². The van der Waals surface area contributed by atoms with Crippen LogP contribution in [0.4, 0.5) is 17.5 Å². The molecule has 0 unspecified atom stereocenters. The molecule has 1 fully saturated rings. The minimum atomic E-state index is 0.467. The topological polar surface area (TPSA) is 62.7 Å². The minimum absolute atomic E-state index is 0.467. The third kappa shape index (κ3) is 3.72. The molecule has 5 nitrogen and oxygen atoms in total. The SMILES string of the molecule is Cc1cccc(Cl)c1Nc1cc(-c2ccccn2)nc(NC2CC2)n1. The highest BCUT2D eigenvalue weighted by molar-refractivity contribution is 6.33. The van der Waals surface area contributed by atoms with E-state index in [4.69, 9.17) is 11.6 Å². The number of hydrogen-bond acceptors (Lipinski definition) is 5. The second kappa shape index (κ2) is 6.69. The largest absolute Gasteiger partial charge is 0.351 e. The van der Waals surface area contributed by atoms with E-state index in [2.05, 4.69) is 25.6 Å². The Morgan fingerprint density at radius 3 is 2.64 bits per heavy atom. The molecule has 4 rings (SSSR count). The first kappa shape index (κ1) is 15.8. The Hall–Kier alpha value is -2.66. The highest BCUT2D eigenvalue weighted by Gasteiger charge is 2.22. The zero-order valence-electron chi connectivity index (χ0n) is 13.8. The van der Waals surface area contributed by atoms with Gasteiger partial charge in [0.1, 0.15) is 5.82 Å². The first-order chi connectivity index (χ1) is 12.2. The van der Waals surface area contributed by atoms with Crippen molar-refractivity contribution in [1.29, 1.82) is 0 Å². The van der Waals surface area contributed by atoms with Crippen LogP contribution in [0.5, 0.6) is 0 Å². The van der Waals surface area contributed by atoms with E-state index in [1.165, 1.54) is 0 Å². The Balaban J connectivity index is 1.73. The molecule has 0 spiro atoms. The normalized spacial score (nSPS) is 13.5. The van der Waals surface area contributed by atoms with Crippen molar-refractivity contribution in [2.24, 2.45) is 0 Å². The van der Waals surface area contributed by atoms with Gasteiger partial charge in [-0.3, -0.25) is 4.98 Å². The number of benzene rings is 1. The van der Waals surface area contributed by atoms with Gasteiger partial charge in [0.15, 0.2) is 0 Å². The summed E-state index contributed by atoms with van der Waals surface area (Å²) in [6, 6.07) is 13.9. The van der Waals surface area contributed by atoms with Crippen molar-refractivity contribution in [1.82, 2.24) is 15.0 Å². The molecule has 3 aromatic rings. The van der Waals surface area contributed by atoms with Crippen LogP contribution in [0.2, 0.25) is 5.02 Å². The second-order valence-corrected chi connectivity index (χ2v) is 6.56. The number of nitrogens with zero attached hydrogens (tertiary/aromatic N) is 3. The van der Waals surface area contributed by atoms with E-state index in [1.54, 1.807) is 6.20 Å². The highest BCUT2D eigenvalue weighted by atomic mass is 35.5. The van der Waals surface area contributed by atoms with Crippen molar-refractivity contribution >= 4 is 29.1 Å². The quantitative estimate of drug-likeness (QED) is 0.690. The van der Waals surface area contributed by atoms with Crippen molar-refractivity contribution in [3.05, 3.63) is 59.2 Å². The molecule has 2 N–H and O–H groups in total. The van der Waals surface area contributed by atoms with Crippen LogP contribution in [0.25, 0.3) is 11.4 Å². The van der Waals surface area contributed by atoms with Gasteiger partial charge in [-0.2, -0.15) is 4.98 Å². The maximum Gasteiger partial charge on any atom is 0.225 e. The summed E-state index contributed by atoms with van der Waals surface area (Å²) in [6.07, 6.45) is 4.07. The number of para-hydroxylation sites is 1. The van der Waals surface area contributed by atoms with Gasteiger partial charge in [-0.1, -0.05) is 29.8 Å². The third-order valence-electron chi connectivity index (χ3n) is 4.04. The maximum absolute atomic E-state index is 6.34. The molecule has 1 aliphatic rings. The monoisotopic (exact) mass is 351 g/mol. The zero-order valence-corrected chi connectivity index (χ0v) is 14.6. The fourth-order valence-corrected chi connectivity index (χ4v) is 2.82. The van der Waals surface area contributed by atoms with E-state index < -0.39 is 0 Å². The lowest BCUT2D eigenvalue weighted by Crippen LogP contribution is -2.08. The van der Waals surface area contributed by atoms with E-state index in [0.717, 1.165) is 35.5 Å². The van der Waals surface area contributed by atoms with Gasteiger partial charge in [0.05, 0.1) is 22.1 Å². The van der Waals surface area contributed by atoms with Crippen LogP contribution in [0, 0.1) is 6.92 Å². The first-order valence-electron chi connectivity index (χ1n) is 8.28. The summed E-state index contributed by atoms with van der Waals surface area (Å²) >= 11 is 6.34. The van der Waals surface area contributed by atoms with E-state index >= 15 is 0 Å². The molecule has 0 radical (unpaired) electrons. The Bertz CT molecular complexity index is 873. The lowest BCUT2D eigenvalue weighted by molar-refractivity contribution is 1.05. The molecule has 6 heteroatoms. The third-order valence-corrected chi connectivity index (χ3v) is 4.35. The zero-order chi connectivity index (χ0) is 17.2. The van der Waals surface area contributed by atoms with E-state index in [0.29, 0.717) is 22.8 Å². The minimum Gasteiger partial charge on any atom is -0.351 e. The van der Waals surface area contributed by atoms with Crippen LogP contribution in [-0.4, -0.2) is 21.0 Å². The van der Waals surface area contributed by atoms with Gasteiger partial charge < -0.3 is 10.6 Å². The van der Waals surface area contributed by atoms with Gasteiger partial charge in [-0.25, -0.2) is 4.98 Å². The lowest BCUT2D eigenvalue weighted by atomic mass is 10.2. The molecule has 25 heavy (non-hydrogen) atoms. The Morgan fingerprint density at radius 2 is 1.92 bits per heavy atom. The average Bonchev–Trinajstić information content (AvgIpc) is 3.43. The average molecular weight is 352 g/mol. The molecular formula is C19H18ClN5. The first-order valence-corrected chi connectivity index (χ1v) is 8.66. The number of aryl methyl sites for hydroxylation is 1. The van der Waals surface area contributed by atoms with Crippen molar-refractivity contribution in [2.75, 3.05) is 10.6 Å². The van der Waals surface area contributed by atoms with Gasteiger partial charge in [-0.05, 0) is 43.5 Å². The number of nitrogens with one attached hydrogen (secondary N) is 2. The molecule has 0 atom stereocenters. The van der Waals surface area contributed by atoms with Crippen molar-refractivity contribution in [3.8, 4) is 11.4 Å². The van der Waals surface area contributed by atoms with E-state index in [1.807, 2.05) is 49.4 Å². The molecule has 0 bridgehead atoms. The van der Waals surface area contributed by atoms with Crippen molar-refractivity contribution in [2.45, 2.75) is 25.8 Å². The standard InChI is InChI=1S/C19H18ClN5/c1-12-5-4-6-14(20)18(12)24-17-11-16(15-7-2-3-10-21-15)23-19(25-17)22-13-8-9-13/h2-7,10-11,13H,8-9H2,1H3,(H2,22,23,24,25). The van der Waals surface area contributed by atoms with Gasteiger partial charge >= 0.3 is 0 Å². The fraction of sp³-hybridized carbons (Fsp3) is 0.211. The number of hydrogen-bond donors (Lipinski definition) is 2. The summed E-state index contributed by atoms with van der Waals surface area (Å²) in [5.74, 6) is 1.30. The Morgan fingerprint density at radius 1 is 1.04 bits per heavy atom. The number of aromatic nitrogens is 3. The van der Waals surface area contributed by atoms with Crippen LogP contribution in [0.3, 0.4) is 0 Å². The highest BCUT2D eigenvalue weighted by Crippen LogP contribution is 2.30. The van der Waals surface area contributed by atoms with Crippen LogP contribution in [0.15, 0.2) is 48.7 Å². The van der Waals surface area contributed by atoms with E-state index in [9.17, 15) is 0 Å². The van der Waals surface area contributed by atoms with Crippen LogP contribution in [-0.2, 0) is 0 Å². The summed E-state index contributed by atoms with van der Waals surface area (Å²) in [5, 5.41) is 7.35. The molecule has 0 amide bonds. The number of pyridine rings is 1. The molecular weight excluding hydrogens is 334 g/mol. The fourth-order valence-electron chi connectivity index (χ4n) is 2.55. The van der Waals surface area contributed by atoms with Gasteiger partial charge in [0.25, 0.3) is 0 Å². The maximum atomic E-state index is 6.34. The van der Waals surface area contributed by atoms with Crippen LogP contribution >= 0.6 is 11.6 Å². The van der Waals surface area contributed by atoms with Crippen LogP contribution < -0.4 is 10.6 Å². The lowest BCUT2D eigenvalue weighted by Gasteiger charge is -2.13. The summed E-state index contributed by atoms with van der Waals surface area (Å²) in [4.78, 5) is 13.6. The molecule has 1 saturated carbocycles. The Labute approximate surface area is 151 Å². The summed E-state index contributed by atoms with van der Waals surface area (Å²) in [6.45, 7) is 2.01. The molecule has 0 saturated heterocycles. The predicted molar refractivity (Wildman–Crippen MR) is 101 cm³/mol. The predicted octanol–water partition coefficient (Wildman–Crippen LogP) is 4.82. The van der Waals surface area contributed by atoms with Crippen molar-refractivity contribution < 1.29 is 0 Å². The summed E-state index contributed by atoms with van der Waals surface area (Å²) in [7, 11) is 0. The molecule has 1 aromatic carbocycles. The molecule has 2 aromatic heterocycles. The van der Waals surface area contributed by atoms with Gasteiger partial charge in [-0.15, -0.1) is 0 Å². The molecule has 2 heterocycles. The summed E-state index contributed by atoms with van der Waals surface area (Å²) < 4.78 is 0. The number of anilines is 3. The number of halogens is 1. The molecule has 0 aliphatic heterocycles. The van der Waals surface area contributed by atoms with Crippen molar-refractivity contribution in [3.63, 3.8) is 0 Å².